The van der Waals surface area contributed by atoms with Gasteiger partial charge in [-0.1, -0.05) is 11.6 Å². The molecule has 13 nitrogen and oxygen atoms in total. The number of primary sulfonamides is 1. The van der Waals surface area contributed by atoms with Crippen LogP contribution in [0.2, 0.25) is 5.02 Å². The summed E-state index contributed by atoms with van der Waals surface area (Å²) in [5.41, 5.74) is -0.462. The molecule has 250 valence electrons. The number of benzene rings is 2. The SMILES string of the molecule is CC(COC(=O)CS(=O)(=O)CCOC(=O)c1cc(S(N)(=O)=O)c(Cl)cc1NCc1ccco1)NC(C)C(=O)c1cc(F)cc(F)c1. The van der Waals surface area contributed by atoms with Crippen LogP contribution in [0.1, 0.15) is 40.3 Å². The number of nitrogens with two attached hydrogens (primary N) is 1. The summed E-state index contributed by atoms with van der Waals surface area (Å²) in [4.78, 5) is 36.9. The Kier molecular flexibility index (Phi) is 12.4. The average molecular weight is 706 g/mol. The van der Waals surface area contributed by atoms with Gasteiger partial charge in [-0.3, -0.25) is 9.59 Å². The molecule has 0 aliphatic carbocycles. The Hall–Kier alpha value is -3.90. The fraction of sp³-hybridized carbons (Fsp3) is 0.321. The molecule has 4 N–H and O–H groups in total. The topological polar surface area (TPSA) is 201 Å². The van der Waals surface area contributed by atoms with Gasteiger partial charge in [-0.05, 0) is 50.2 Å². The Morgan fingerprint density at radius 1 is 1.02 bits per heavy atom. The van der Waals surface area contributed by atoms with E-state index >= 15 is 0 Å². The summed E-state index contributed by atoms with van der Waals surface area (Å²) >= 11 is 6.04. The number of sulfonamides is 1. The summed E-state index contributed by atoms with van der Waals surface area (Å²) in [7, 11) is -8.48. The van der Waals surface area contributed by atoms with E-state index in [1.807, 2.05) is 0 Å². The maximum Gasteiger partial charge on any atom is 0.340 e. The van der Waals surface area contributed by atoms with Crippen molar-refractivity contribution in [3.63, 3.8) is 0 Å². The quantitative estimate of drug-likeness (QED) is 0.146. The van der Waals surface area contributed by atoms with Gasteiger partial charge in [0.05, 0.1) is 40.9 Å². The Bertz CT molecular complexity index is 1780. The zero-order chi connectivity index (χ0) is 34.2. The Balaban J connectivity index is 1.53. The molecule has 0 aliphatic heterocycles. The number of ketones is 1. The number of rotatable bonds is 16. The van der Waals surface area contributed by atoms with Crippen molar-refractivity contribution in [1.29, 1.82) is 0 Å². The monoisotopic (exact) mass is 705 g/mol. The second-order valence-corrected chi connectivity index (χ2v) is 14.1. The molecule has 1 heterocycles. The second-order valence-electron chi connectivity index (χ2n) is 10.0. The first-order chi connectivity index (χ1) is 21.4. The number of carbonyl (C=O) groups is 3. The summed E-state index contributed by atoms with van der Waals surface area (Å²) in [6.45, 7) is 2.01. The van der Waals surface area contributed by atoms with Gasteiger partial charge in [0.25, 0.3) is 0 Å². The van der Waals surface area contributed by atoms with Crippen LogP contribution < -0.4 is 15.8 Å². The molecule has 1 aromatic heterocycles. The molecule has 0 radical (unpaired) electrons. The van der Waals surface area contributed by atoms with Crippen molar-refractivity contribution in [3.05, 3.63) is 82.3 Å². The van der Waals surface area contributed by atoms with Crippen molar-refractivity contribution in [1.82, 2.24) is 5.32 Å². The van der Waals surface area contributed by atoms with Gasteiger partial charge in [-0.25, -0.2) is 35.5 Å². The average Bonchev–Trinajstić information content (AvgIpc) is 3.46. The smallest absolute Gasteiger partial charge is 0.340 e. The van der Waals surface area contributed by atoms with Crippen LogP contribution in [-0.4, -0.2) is 71.4 Å². The minimum absolute atomic E-state index is 0.0482. The van der Waals surface area contributed by atoms with Crippen LogP contribution in [0.5, 0.6) is 0 Å². The molecule has 46 heavy (non-hydrogen) atoms. The van der Waals surface area contributed by atoms with Crippen molar-refractivity contribution < 1.29 is 53.9 Å². The predicted octanol–water partition coefficient (Wildman–Crippen LogP) is 2.84. The number of carbonyl (C=O) groups excluding carboxylic acids is 3. The highest BCUT2D eigenvalue weighted by atomic mass is 35.5. The van der Waals surface area contributed by atoms with Gasteiger partial charge in [0.2, 0.25) is 10.0 Å². The largest absolute Gasteiger partial charge is 0.467 e. The number of sulfone groups is 1. The van der Waals surface area contributed by atoms with Gasteiger partial charge in [-0.2, -0.15) is 0 Å². The number of ether oxygens (including phenoxy) is 2. The lowest BCUT2D eigenvalue weighted by Crippen LogP contribution is -2.42. The first kappa shape index (κ1) is 36.6. The summed E-state index contributed by atoms with van der Waals surface area (Å²) in [5, 5.41) is 10.5. The molecule has 0 bridgehead atoms. The molecule has 2 aromatic carbocycles. The number of halogens is 3. The van der Waals surface area contributed by atoms with Crippen LogP contribution in [-0.2, 0) is 40.7 Å². The molecule has 0 amide bonds. The van der Waals surface area contributed by atoms with Gasteiger partial charge < -0.3 is 24.5 Å². The zero-order valence-corrected chi connectivity index (χ0v) is 26.8. The molecule has 0 spiro atoms. The lowest BCUT2D eigenvalue weighted by molar-refractivity contribution is -0.141. The normalized spacial score (nSPS) is 13.1. The predicted molar refractivity (Wildman–Crippen MR) is 162 cm³/mol. The standard InChI is InChI=1S/C28H30ClF2N3O10S2/c1-16(34-17(2)27(36)18-8-19(30)10-20(31)9-18)14-44-26(35)15-45(38,39)7-6-43-28(37)22-11-25(46(32,40)41)23(29)12-24(22)33-13-21-4-3-5-42-21/h3-5,8-12,16-17,33-34H,6-7,13-15H2,1-2H3,(H2,32,40,41). The molecule has 3 aromatic rings. The molecule has 0 fully saturated rings. The molecule has 3 rings (SSSR count). The molecule has 0 saturated carbocycles. The van der Waals surface area contributed by atoms with E-state index in [-0.39, 0.29) is 35.0 Å². The minimum atomic E-state index is -4.34. The fourth-order valence-electron chi connectivity index (χ4n) is 4.03. The van der Waals surface area contributed by atoms with Crippen molar-refractivity contribution in [2.75, 3.05) is 30.0 Å². The Morgan fingerprint density at radius 2 is 1.70 bits per heavy atom. The van der Waals surface area contributed by atoms with E-state index in [1.165, 1.54) is 20.1 Å². The van der Waals surface area contributed by atoms with Crippen molar-refractivity contribution in [3.8, 4) is 0 Å². The van der Waals surface area contributed by atoms with E-state index in [0.717, 1.165) is 24.3 Å². The summed E-state index contributed by atoms with van der Waals surface area (Å²) in [5.74, 6) is -6.04. The molecule has 2 atom stereocenters. The molecule has 0 saturated heterocycles. The lowest BCUT2D eigenvalue weighted by atomic mass is 10.0. The van der Waals surface area contributed by atoms with Crippen molar-refractivity contribution >= 4 is 54.9 Å². The molecular formula is C28H30ClF2N3O10S2. The van der Waals surface area contributed by atoms with Crippen LogP contribution in [0, 0.1) is 11.6 Å². The van der Waals surface area contributed by atoms with Crippen molar-refractivity contribution in [2.45, 2.75) is 37.4 Å². The van der Waals surface area contributed by atoms with Crippen LogP contribution in [0.15, 0.2) is 58.0 Å². The van der Waals surface area contributed by atoms with Gasteiger partial charge in [0, 0.05) is 17.7 Å². The van der Waals surface area contributed by atoms with Crippen molar-refractivity contribution in [2.24, 2.45) is 5.14 Å². The fourth-order valence-corrected chi connectivity index (χ4v) is 6.05. The zero-order valence-electron chi connectivity index (χ0n) is 24.4. The lowest BCUT2D eigenvalue weighted by Gasteiger charge is -2.19. The summed E-state index contributed by atoms with van der Waals surface area (Å²) in [6.07, 6.45) is 1.42. The number of furan rings is 1. The van der Waals surface area contributed by atoms with E-state index < -0.39 is 84.3 Å². The summed E-state index contributed by atoms with van der Waals surface area (Å²) < 4.78 is 90.9. The van der Waals surface area contributed by atoms with Crippen LogP contribution in [0.3, 0.4) is 0 Å². The minimum Gasteiger partial charge on any atom is -0.467 e. The van der Waals surface area contributed by atoms with E-state index in [4.69, 9.17) is 30.6 Å². The van der Waals surface area contributed by atoms with Crippen LogP contribution in [0.4, 0.5) is 14.5 Å². The van der Waals surface area contributed by atoms with E-state index in [1.54, 1.807) is 12.1 Å². The third-order valence-corrected chi connectivity index (χ3v) is 9.01. The molecule has 18 heteroatoms. The molecule has 2 unspecified atom stereocenters. The number of hydrogen-bond donors (Lipinski definition) is 3. The van der Waals surface area contributed by atoms with E-state index in [9.17, 15) is 40.0 Å². The summed E-state index contributed by atoms with van der Waals surface area (Å²) in [6, 6.07) is 6.10. The van der Waals surface area contributed by atoms with Gasteiger partial charge in [0.15, 0.2) is 15.6 Å². The number of Topliss-reactive ketones (excluding diaryl/α,β-unsaturated/α-hetero) is 1. The highest BCUT2D eigenvalue weighted by molar-refractivity contribution is 7.92. The third-order valence-electron chi connectivity index (χ3n) is 6.17. The number of anilines is 1. The number of nitrogens with one attached hydrogen (secondary N) is 2. The van der Waals surface area contributed by atoms with Gasteiger partial charge >= 0.3 is 11.9 Å². The third kappa shape index (κ3) is 10.9. The number of esters is 2. The maximum atomic E-state index is 13.4. The Morgan fingerprint density at radius 3 is 2.30 bits per heavy atom. The maximum absolute atomic E-state index is 13.4. The van der Waals surface area contributed by atoms with Crippen LogP contribution in [0.25, 0.3) is 0 Å². The van der Waals surface area contributed by atoms with Gasteiger partial charge in [-0.15, -0.1) is 0 Å². The Labute approximate surface area is 268 Å². The van der Waals surface area contributed by atoms with E-state index in [2.05, 4.69) is 10.6 Å². The molecular weight excluding hydrogens is 676 g/mol. The van der Waals surface area contributed by atoms with E-state index in [0.29, 0.717) is 11.8 Å². The van der Waals surface area contributed by atoms with Gasteiger partial charge in [0.1, 0.15) is 41.3 Å². The van der Waals surface area contributed by atoms with Crippen LogP contribution >= 0.6 is 11.6 Å². The highest BCUT2D eigenvalue weighted by Gasteiger charge is 2.24. The first-order valence-electron chi connectivity index (χ1n) is 13.4. The number of hydrogen-bond acceptors (Lipinski definition) is 12. The molecule has 0 aliphatic rings. The second kappa shape index (κ2) is 15.6. The highest BCUT2D eigenvalue weighted by Crippen LogP contribution is 2.29. The first-order valence-corrected chi connectivity index (χ1v) is 17.1.